The number of thiophene rings is 1. The minimum Gasteiger partial charge on any atom is -0.481 e. The zero-order chi connectivity index (χ0) is 11.7. The molecule has 2 aromatic heterocycles. The molecule has 0 saturated carbocycles. The summed E-state index contributed by atoms with van der Waals surface area (Å²) in [5, 5.41) is 10.9. The van der Waals surface area contributed by atoms with E-state index in [4.69, 9.17) is 16.7 Å². The van der Waals surface area contributed by atoms with Gasteiger partial charge in [-0.05, 0) is 13.0 Å². The molecular weight excluding hydrogens is 266 g/mol. The van der Waals surface area contributed by atoms with Crippen molar-refractivity contribution in [1.82, 2.24) is 4.98 Å². The predicted molar refractivity (Wildman–Crippen MR) is 67.7 cm³/mol. The van der Waals surface area contributed by atoms with E-state index in [2.05, 4.69) is 4.98 Å². The van der Waals surface area contributed by atoms with Crippen molar-refractivity contribution in [3.63, 3.8) is 0 Å². The average Bonchev–Trinajstić information content (AvgIpc) is 2.52. The number of aryl methyl sites for hydroxylation is 1. The summed E-state index contributed by atoms with van der Waals surface area (Å²) in [6, 6.07) is 1.89. The van der Waals surface area contributed by atoms with Crippen LogP contribution in [0.15, 0.2) is 17.3 Å². The molecule has 0 atom stereocenters. The van der Waals surface area contributed by atoms with Gasteiger partial charge in [0, 0.05) is 21.2 Å². The molecule has 3 nitrogen and oxygen atoms in total. The minimum atomic E-state index is -0.855. The largest absolute Gasteiger partial charge is 0.481 e. The fourth-order valence-electron chi connectivity index (χ4n) is 1.34. The number of carboxylic acids is 1. The maximum Gasteiger partial charge on any atom is 0.313 e. The Kier molecular flexibility index (Phi) is 3.37. The number of carbonyl (C=O) groups is 1. The van der Waals surface area contributed by atoms with E-state index in [1.165, 1.54) is 11.8 Å². The van der Waals surface area contributed by atoms with Crippen LogP contribution in [-0.2, 0) is 4.79 Å². The molecule has 0 bridgehead atoms. The van der Waals surface area contributed by atoms with Crippen LogP contribution in [0.1, 0.15) is 4.88 Å². The lowest BCUT2D eigenvalue weighted by molar-refractivity contribution is -0.133. The molecule has 0 amide bonds. The number of hydrogen-bond acceptors (Lipinski definition) is 4. The van der Waals surface area contributed by atoms with Gasteiger partial charge in [0.25, 0.3) is 0 Å². The highest BCUT2D eigenvalue weighted by Gasteiger charge is 2.13. The standard InChI is InChI=1S/C10H8ClNO2S2/c1-5-9(11)8-6(16-5)2-3-12-10(8)15-4-7(13)14/h2-3H,4H2,1H3,(H,13,14). The second kappa shape index (κ2) is 4.61. The van der Waals surface area contributed by atoms with Crippen molar-refractivity contribution < 1.29 is 9.90 Å². The van der Waals surface area contributed by atoms with Crippen LogP contribution in [0.4, 0.5) is 0 Å². The molecule has 6 heteroatoms. The summed E-state index contributed by atoms with van der Waals surface area (Å²) in [6.45, 7) is 1.94. The maximum atomic E-state index is 10.5. The molecule has 2 rings (SSSR count). The number of nitrogens with zero attached hydrogens (tertiary/aromatic N) is 1. The molecule has 2 aromatic rings. The molecule has 1 N–H and O–H groups in total. The van der Waals surface area contributed by atoms with E-state index in [9.17, 15) is 4.79 Å². The molecule has 0 aromatic carbocycles. The van der Waals surface area contributed by atoms with E-state index >= 15 is 0 Å². The first-order chi connectivity index (χ1) is 7.59. The van der Waals surface area contributed by atoms with Crippen molar-refractivity contribution in [2.75, 3.05) is 5.75 Å². The lowest BCUT2D eigenvalue weighted by Gasteiger charge is -2.00. The number of carboxylic acid groups (broad SMARTS) is 1. The van der Waals surface area contributed by atoms with Gasteiger partial charge < -0.3 is 5.11 Å². The van der Waals surface area contributed by atoms with Gasteiger partial charge in [0.2, 0.25) is 0 Å². The number of halogens is 1. The quantitative estimate of drug-likeness (QED) is 0.871. The van der Waals surface area contributed by atoms with Crippen molar-refractivity contribution in [3.05, 3.63) is 22.2 Å². The van der Waals surface area contributed by atoms with Gasteiger partial charge in [-0.15, -0.1) is 11.3 Å². The second-order valence-corrected chi connectivity index (χ2v) is 5.74. The summed E-state index contributed by atoms with van der Waals surface area (Å²) in [4.78, 5) is 15.7. The van der Waals surface area contributed by atoms with Gasteiger partial charge >= 0.3 is 5.97 Å². The van der Waals surface area contributed by atoms with E-state index < -0.39 is 5.97 Å². The highest BCUT2D eigenvalue weighted by molar-refractivity contribution is 8.00. The lowest BCUT2D eigenvalue weighted by atomic mass is 10.3. The number of fused-ring (bicyclic) bond motifs is 1. The summed E-state index contributed by atoms with van der Waals surface area (Å²) in [5.41, 5.74) is 0. The molecule has 2 heterocycles. The Morgan fingerprint density at radius 1 is 1.69 bits per heavy atom. The van der Waals surface area contributed by atoms with Crippen LogP contribution in [0.25, 0.3) is 10.1 Å². The van der Waals surface area contributed by atoms with E-state index in [0.717, 1.165) is 15.0 Å². The summed E-state index contributed by atoms with van der Waals surface area (Å²) in [7, 11) is 0. The first-order valence-corrected chi connectivity index (χ1v) is 6.66. The number of rotatable bonds is 3. The number of aromatic nitrogens is 1. The second-order valence-electron chi connectivity index (χ2n) is 3.14. The number of aliphatic carboxylic acids is 1. The maximum absolute atomic E-state index is 10.5. The average molecular weight is 274 g/mol. The number of hydrogen-bond donors (Lipinski definition) is 1. The topological polar surface area (TPSA) is 50.2 Å². The summed E-state index contributed by atoms with van der Waals surface area (Å²) >= 11 is 8.96. The van der Waals surface area contributed by atoms with Crippen LogP contribution in [-0.4, -0.2) is 21.8 Å². The van der Waals surface area contributed by atoms with Gasteiger partial charge in [0.15, 0.2) is 0 Å². The Labute approximate surface area is 105 Å². The van der Waals surface area contributed by atoms with E-state index in [1.54, 1.807) is 17.5 Å². The molecule has 0 spiro atoms. The van der Waals surface area contributed by atoms with Gasteiger partial charge in [-0.25, -0.2) is 4.98 Å². The molecule has 0 unspecified atom stereocenters. The number of thioether (sulfide) groups is 1. The molecule has 16 heavy (non-hydrogen) atoms. The summed E-state index contributed by atoms with van der Waals surface area (Å²) < 4.78 is 1.05. The molecule has 0 aliphatic carbocycles. The van der Waals surface area contributed by atoms with Crippen molar-refractivity contribution in [2.24, 2.45) is 0 Å². The molecule has 0 aliphatic rings. The zero-order valence-corrected chi connectivity index (χ0v) is 10.7. The Morgan fingerprint density at radius 2 is 2.44 bits per heavy atom. The Balaban J connectivity index is 2.48. The van der Waals surface area contributed by atoms with Gasteiger partial charge in [0.1, 0.15) is 5.03 Å². The third kappa shape index (κ3) is 2.16. The molecule has 84 valence electrons. The molecule has 0 radical (unpaired) electrons. The van der Waals surface area contributed by atoms with Crippen molar-refractivity contribution in [1.29, 1.82) is 0 Å². The first-order valence-electron chi connectivity index (χ1n) is 4.48. The zero-order valence-electron chi connectivity index (χ0n) is 8.36. The van der Waals surface area contributed by atoms with Gasteiger partial charge in [0.05, 0.1) is 10.8 Å². The highest BCUT2D eigenvalue weighted by Crippen LogP contribution is 2.39. The molecular formula is C10H8ClNO2S2. The van der Waals surface area contributed by atoms with E-state index in [0.29, 0.717) is 10.0 Å². The molecule has 0 aliphatic heterocycles. The van der Waals surface area contributed by atoms with Crippen molar-refractivity contribution in [2.45, 2.75) is 11.9 Å². The normalized spacial score (nSPS) is 10.9. The SMILES string of the molecule is Cc1sc2ccnc(SCC(=O)O)c2c1Cl. The molecule has 0 saturated heterocycles. The third-order valence-electron chi connectivity index (χ3n) is 2.00. The fraction of sp³-hybridized carbons (Fsp3) is 0.200. The Morgan fingerprint density at radius 3 is 3.12 bits per heavy atom. The van der Waals surface area contributed by atoms with Crippen LogP contribution < -0.4 is 0 Å². The van der Waals surface area contributed by atoms with Crippen LogP contribution in [0, 0.1) is 6.92 Å². The summed E-state index contributed by atoms with van der Waals surface area (Å²) in [5.74, 6) is -0.857. The van der Waals surface area contributed by atoms with Gasteiger partial charge in [-0.1, -0.05) is 23.4 Å². The minimum absolute atomic E-state index is 0.00264. The van der Waals surface area contributed by atoms with Crippen LogP contribution in [0.2, 0.25) is 5.02 Å². The van der Waals surface area contributed by atoms with E-state index in [1.807, 2.05) is 13.0 Å². The highest BCUT2D eigenvalue weighted by atomic mass is 35.5. The van der Waals surface area contributed by atoms with Gasteiger partial charge in [-0.3, -0.25) is 4.79 Å². The van der Waals surface area contributed by atoms with E-state index in [-0.39, 0.29) is 5.75 Å². The monoisotopic (exact) mass is 273 g/mol. The van der Waals surface area contributed by atoms with Crippen LogP contribution >= 0.6 is 34.7 Å². The summed E-state index contributed by atoms with van der Waals surface area (Å²) in [6.07, 6.45) is 1.68. The van der Waals surface area contributed by atoms with Crippen LogP contribution in [0.5, 0.6) is 0 Å². The lowest BCUT2D eigenvalue weighted by Crippen LogP contribution is -1.98. The number of pyridine rings is 1. The first kappa shape index (κ1) is 11.7. The molecule has 0 fully saturated rings. The Hall–Kier alpha value is -0.780. The van der Waals surface area contributed by atoms with Gasteiger partial charge in [-0.2, -0.15) is 0 Å². The third-order valence-corrected chi connectivity index (χ3v) is 4.63. The Bertz CT molecular complexity index is 553. The van der Waals surface area contributed by atoms with Crippen molar-refractivity contribution in [3.8, 4) is 0 Å². The smallest absolute Gasteiger partial charge is 0.313 e. The van der Waals surface area contributed by atoms with Crippen molar-refractivity contribution >= 4 is 50.8 Å². The predicted octanol–water partition coefficient (Wildman–Crippen LogP) is 3.43. The fourth-order valence-corrected chi connectivity index (χ4v) is 3.53. The van der Waals surface area contributed by atoms with Crippen LogP contribution in [0.3, 0.4) is 0 Å².